The van der Waals surface area contributed by atoms with E-state index in [-0.39, 0.29) is 5.02 Å². The molecule has 2 aromatic rings. The van der Waals surface area contributed by atoms with Gasteiger partial charge in [-0.3, -0.25) is 0 Å². The number of benzene rings is 1. The zero-order valence-corrected chi connectivity index (χ0v) is 9.18. The largest absolute Gasteiger partial charge is 0.345 e. The molecule has 16 heavy (non-hydrogen) atoms. The number of hydrogen-bond donors (Lipinski definition) is 1. The number of aromatic amines is 1. The summed E-state index contributed by atoms with van der Waals surface area (Å²) in [5.41, 5.74) is 1.20. The van der Waals surface area contributed by atoms with Crippen molar-refractivity contribution < 1.29 is 4.39 Å². The smallest absolute Gasteiger partial charge is 0.310 e. The highest BCUT2D eigenvalue weighted by atomic mass is 35.5. The van der Waals surface area contributed by atoms with Gasteiger partial charge in [0.15, 0.2) is 0 Å². The van der Waals surface area contributed by atoms with Gasteiger partial charge >= 0.3 is 5.69 Å². The summed E-state index contributed by atoms with van der Waals surface area (Å²) in [6.07, 6.45) is 0. The molecule has 1 N–H and O–H groups in total. The fraction of sp³-hybridized carbons (Fsp3) is 0.0909. The van der Waals surface area contributed by atoms with E-state index in [9.17, 15) is 9.18 Å². The maximum atomic E-state index is 12.8. The Morgan fingerprint density at radius 3 is 2.75 bits per heavy atom. The number of nitrogens with zero attached hydrogens (tertiary/aromatic N) is 1. The van der Waals surface area contributed by atoms with Gasteiger partial charge in [0.1, 0.15) is 5.82 Å². The van der Waals surface area contributed by atoms with Gasteiger partial charge in [0, 0.05) is 11.3 Å². The number of aryl methyl sites for hydroxylation is 1. The number of halogens is 2. The standard InChI is InChI=1S/C11H8ClFN2O/c1-6-4-10(15-11(16)14-6)8-3-2-7(13)5-9(8)12/h2-5H,1H3,(H,14,15,16). The summed E-state index contributed by atoms with van der Waals surface area (Å²) in [6.45, 7) is 1.74. The minimum absolute atomic E-state index is 0.234. The monoisotopic (exact) mass is 238 g/mol. The first kappa shape index (κ1) is 10.8. The lowest BCUT2D eigenvalue weighted by Crippen LogP contribution is -2.12. The second-order valence-corrected chi connectivity index (χ2v) is 3.79. The van der Waals surface area contributed by atoms with Gasteiger partial charge in [-0.25, -0.2) is 9.18 Å². The van der Waals surface area contributed by atoms with E-state index in [4.69, 9.17) is 11.6 Å². The van der Waals surface area contributed by atoms with Crippen LogP contribution in [0, 0.1) is 12.7 Å². The van der Waals surface area contributed by atoms with Gasteiger partial charge in [-0.2, -0.15) is 4.98 Å². The van der Waals surface area contributed by atoms with E-state index in [1.54, 1.807) is 13.0 Å². The van der Waals surface area contributed by atoms with E-state index in [0.29, 0.717) is 17.0 Å². The van der Waals surface area contributed by atoms with Crippen molar-refractivity contribution in [1.82, 2.24) is 9.97 Å². The normalized spacial score (nSPS) is 10.4. The molecule has 1 aromatic carbocycles. The highest BCUT2D eigenvalue weighted by Gasteiger charge is 2.07. The number of H-pyrrole nitrogens is 1. The molecule has 0 unspecified atom stereocenters. The van der Waals surface area contributed by atoms with E-state index in [1.165, 1.54) is 18.2 Å². The van der Waals surface area contributed by atoms with Crippen molar-refractivity contribution in [2.24, 2.45) is 0 Å². The van der Waals surface area contributed by atoms with Crippen LogP contribution in [0.25, 0.3) is 11.3 Å². The zero-order valence-electron chi connectivity index (χ0n) is 8.42. The molecule has 1 heterocycles. The van der Waals surface area contributed by atoms with Crippen LogP contribution in [0.2, 0.25) is 5.02 Å². The molecule has 0 aliphatic carbocycles. The maximum Gasteiger partial charge on any atom is 0.345 e. The second kappa shape index (κ2) is 4.06. The Morgan fingerprint density at radius 1 is 1.38 bits per heavy atom. The topological polar surface area (TPSA) is 45.8 Å². The Morgan fingerprint density at radius 2 is 2.12 bits per heavy atom. The van der Waals surface area contributed by atoms with Gasteiger partial charge in [0.25, 0.3) is 0 Å². The van der Waals surface area contributed by atoms with E-state index >= 15 is 0 Å². The molecule has 0 spiro atoms. The molecule has 0 aliphatic heterocycles. The van der Waals surface area contributed by atoms with Crippen molar-refractivity contribution in [1.29, 1.82) is 0 Å². The lowest BCUT2D eigenvalue weighted by atomic mass is 10.1. The first-order valence-electron chi connectivity index (χ1n) is 4.59. The van der Waals surface area contributed by atoms with Crippen LogP contribution in [0.5, 0.6) is 0 Å². The van der Waals surface area contributed by atoms with Gasteiger partial charge in [-0.15, -0.1) is 0 Å². The molecule has 0 fully saturated rings. The van der Waals surface area contributed by atoms with Crippen molar-refractivity contribution >= 4 is 11.6 Å². The van der Waals surface area contributed by atoms with Crippen LogP contribution < -0.4 is 5.69 Å². The fourth-order valence-electron chi connectivity index (χ4n) is 1.41. The Bertz CT molecular complexity index is 595. The quantitative estimate of drug-likeness (QED) is 0.830. The highest BCUT2D eigenvalue weighted by molar-refractivity contribution is 6.33. The third-order valence-corrected chi connectivity index (χ3v) is 2.40. The molecule has 3 nitrogen and oxygen atoms in total. The summed E-state index contributed by atoms with van der Waals surface area (Å²) < 4.78 is 12.8. The molecular formula is C11H8ClFN2O. The van der Waals surface area contributed by atoms with Crippen molar-refractivity contribution in [2.45, 2.75) is 6.92 Å². The SMILES string of the molecule is Cc1cc(-c2ccc(F)cc2Cl)nc(=O)[nH]1. The van der Waals surface area contributed by atoms with Crippen molar-refractivity contribution in [2.75, 3.05) is 0 Å². The first-order chi connectivity index (χ1) is 7.56. The van der Waals surface area contributed by atoms with Crippen LogP contribution in [-0.2, 0) is 0 Å². The van der Waals surface area contributed by atoms with E-state index in [0.717, 1.165) is 0 Å². The van der Waals surface area contributed by atoms with Crippen LogP contribution in [0.15, 0.2) is 29.1 Å². The van der Waals surface area contributed by atoms with Gasteiger partial charge in [0.2, 0.25) is 0 Å². The summed E-state index contributed by atoms with van der Waals surface area (Å²) in [5, 5.41) is 0.234. The highest BCUT2D eigenvalue weighted by Crippen LogP contribution is 2.26. The summed E-state index contributed by atoms with van der Waals surface area (Å²) in [7, 11) is 0. The van der Waals surface area contributed by atoms with E-state index < -0.39 is 11.5 Å². The number of rotatable bonds is 1. The molecule has 2 rings (SSSR count). The van der Waals surface area contributed by atoms with Gasteiger partial charge in [-0.05, 0) is 31.2 Å². The lowest BCUT2D eigenvalue weighted by molar-refractivity contribution is 0.628. The molecule has 5 heteroatoms. The number of aromatic nitrogens is 2. The van der Waals surface area contributed by atoms with Crippen LogP contribution in [0.4, 0.5) is 4.39 Å². The third kappa shape index (κ3) is 2.12. The Balaban J connectivity index is 2.63. The van der Waals surface area contributed by atoms with Gasteiger partial charge < -0.3 is 4.98 Å². The van der Waals surface area contributed by atoms with E-state index in [1.807, 2.05) is 0 Å². The molecule has 0 aliphatic rings. The number of nitrogens with one attached hydrogen (secondary N) is 1. The Labute approximate surface area is 95.9 Å². The number of hydrogen-bond acceptors (Lipinski definition) is 2. The van der Waals surface area contributed by atoms with Crippen molar-refractivity contribution in [3.8, 4) is 11.3 Å². The molecule has 0 radical (unpaired) electrons. The molecule has 0 bridgehead atoms. The predicted molar refractivity (Wildman–Crippen MR) is 60.0 cm³/mol. The van der Waals surface area contributed by atoms with Crippen molar-refractivity contribution in [3.63, 3.8) is 0 Å². The summed E-state index contributed by atoms with van der Waals surface area (Å²) in [4.78, 5) is 17.5. The first-order valence-corrected chi connectivity index (χ1v) is 4.97. The molecule has 82 valence electrons. The molecule has 0 amide bonds. The fourth-order valence-corrected chi connectivity index (χ4v) is 1.68. The Hall–Kier alpha value is -1.68. The van der Waals surface area contributed by atoms with Crippen LogP contribution >= 0.6 is 11.6 Å². The summed E-state index contributed by atoms with van der Waals surface area (Å²) >= 11 is 5.88. The Kier molecular flexibility index (Phi) is 2.75. The average molecular weight is 239 g/mol. The lowest BCUT2D eigenvalue weighted by Gasteiger charge is -2.03. The summed E-state index contributed by atoms with van der Waals surface area (Å²) in [6, 6.07) is 5.65. The van der Waals surface area contributed by atoms with E-state index in [2.05, 4.69) is 9.97 Å². The van der Waals surface area contributed by atoms with Crippen molar-refractivity contribution in [3.05, 3.63) is 51.3 Å². The molecule has 0 saturated carbocycles. The van der Waals surface area contributed by atoms with Crippen LogP contribution in [0.3, 0.4) is 0 Å². The molecular weight excluding hydrogens is 231 g/mol. The molecule has 1 aromatic heterocycles. The van der Waals surface area contributed by atoms with Gasteiger partial charge in [0.05, 0.1) is 10.7 Å². The van der Waals surface area contributed by atoms with Gasteiger partial charge in [-0.1, -0.05) is 11.6 Å². The molecule has 0 saturated heterocycles. The van der Waals surface area contributed by atoms with Crippen LogP contribution in [0.1, 0.15) is 5.69 Å². The average Bonchev–Trinajstić information content (AvgIpc) is 2.15. The molecule has 0 atom stereocenters. The summed E-state index contributed by atoms with van der Waals surface area (Å²) in [5.74, 6) is -0.421. The minimum Gasteiger partial charge on any atom is -0.310 e. The zero-order chi connectivity index (χ0) is 11.7. The third-order valence-electron chi connectivity index (χ3n) is 2.09. The predicted octanol–water partition coefficient (Wildman–Crippen LogP) is 2.54. The van der Waals surface area contributed by atoms with Crippen LogP contribution in [-0.4, -0.2) is 9.97 Å². The maximum absolute atomic E-state index is 12.8. The second-order valence-electron chi connectivity index (χ2n) is 3.38. The minimum atomic E-state index is -0.449.